The number of hydrogen-bond acceptors (Lipinski definition) is 0. The van der Waals surface area contributed by atoms with Crippen LogP contribution in [0.15, 0.2) is 42.5 Å². The number of benzene rings is 1. The Kier molecular flexibility index (Phi) is 5.04. The van der Waals surface area contributed by atoms with Gasteiger partial charge >= 0.3 is 0 Å². The summed E-state index contributed by atoms with van der Waals surface area (Å²) >= 11 is 0. The summed E-state index contributed by atoms with van der Waals surface area (Å²) < 4.78 is 0. The molecule has 0 amide bonds. The Morgan fingerprint density at radius 1 is 1.25 bits per heavy atom. The quantitative estimate of drug-likeness (QED) is 0.595. The van der Waals surface area contributed by atoms with Crippen molar-refractivity contribution in [3.8, 4) is 0 Å². The van der Waals surface area contributed by atoms with Crippen molar-refractivity contribution in [2.45, 2.75) is 39.5 Å². The summed E-state index contributed by atoms with van der Waals surface area (Å²) in [5.74, 6) is 0.645. The molecule has 0 bridgehead atoms. The zero-order valence-electron chi connectivity index (χ0n) is 10.7. The van der Waals surface area contributed by atoms with Crippen molar-refractivity contribution in [3.63, 3.8) is 0 Å². The summed E-state index contributed by atoms with van der Waals surface area (Å²) in [6, 6.07) is 8.68. The number of hydrogen-bond donors (Lipinski definition) is 0. The molecule has 1 atom stereocenters. The standard InChI is InChI=1S/C12H14.C4H8/c1-3-10-8-11-6-4-5-7-12(11)9(10)2;1-3-4-2/h4-9H,3H2,1-2H3;3H,1,4H2,2H3. The van der Waals surface area contributed by atoms with E-state index >= 15 is 0 Å². The van der Waals surface area contributed by atoms with E-state index in [0.717, 1.165) is 6.42 Å². The highest BCUT2D eigenvalue weighted by atomic mass is 14.2. The molecule has 86 valence electrons. The molecule has 0 radical (unpaired) electrons. The minimum Gasteiger partial charge on any atom is -0.103 e. The average molecular weight is 214 g/mol. The van der Waals surface area contributed by atoms with Crippen molar-refractivity contribution < 1.29 is 0 Å². The molecule has 1 aliphatic carbocycles. The average Bonchev–Trinajstić information content (AvgIpc) is 2.67. The Morgan fingerprint density at radius 2 is 1.88 bits per heavy atom. The maximum Gasteiger partial charge on any atom is 0.00289 e. The Balaban J connectivity index is 0.000000280. The third kappa shape index (κ3) is 2.85. The second kappa shape index (κ2) is 6.32. The minimum atomic E-state index is 0.645. The van der Waals surface area contributed by atoms with E-state index in [9.17, 15) is 0 Å². The third-order valence-corrected chi connectivity index (χ3v) is 3.06. The van der Waals surface area contributed by atoms with Crippen molar-refractivity contribution >= 4 is 6.08 Å². The molecule has 1 aliphatic rings. The van der Waals surface area contributed by atoms with E-state index in [1.165, 1.54) is 17.5 Å². The van der Waals surface area contributed by atoms with E-state index in [2.05, 4.69) is 57.7 Å². The predicted octanol–water partition coefficient (Wildman–Crippen LogP) is 5.18. The lowest BCUT2D eigenvalue weighted by Crippen LogP contribution is -1.91. The fraction of sp³-hybridized carbons (Fsp3) is 0.375. The highest BCUT2D eigenvalue weighted by Gasteiger charge is 2.18. The zero-order valence-corrected chi connectivity index (χ0v) is 10.7. The second-order valence-corrected chi connectivity index (χ2v) is 4.12. The molecule has 0 nitrogen and oxygen atoms in total. The van der Waals surface area contributed by atoms with Gasteiger partial charge in [-0.05, 0) is 24.0 Å². The molecule has 1 aromatic carbocycles. The third-order valence-electron chi connectivity index (χ3n) is 3.06. The van der Waals surface area contributed by atoms with Crippen LogP contribution in [0.2, 0.25) is 0 Å². The first-order valence-electron chi connectivity index (χ1n) is 6.14. The summed E-state index contributed by atoms with van der Waals surface area (Å²) in [4.78, 5) is 0. The summed E-state index contributed by atoms with van der Waals surface area (Å²) in [5.41, 5.74) is 4.48. The van der Waals surface area contributed by atoms with E-state index in [-0.39, 0.29) is 0 Å². The van der Waals surface area contributed by atoms with Gasteiger partial charge in [0.05, 0.1) is 0 Å². The van der Waals surface area contributed by atoms with E-state index in [4.69, 9.17) is 0 Å². The van der Waals surface area contributed by atoms with Crippen molar-refractivity contribution in [1.29, 1.82) is 0 Å². The monoisotopic (exact) mass is 214 g/mol. The molecule has 0 heterocycles. The summed E-state index contributed by atoms with van der Waals surface area (Å²) in [5, 5.41) is 0. The van der Waals surface area contributed by atoms with Crippen LogP contribution in [-0.2, 0) is 0 Å². The maximum atomic E-state index is 3.48. The van der Waals surface area contributed by atoms with E-state index < -0.39 is 0 Å². The maximum absolute atomic E-state index is 3.48. The minimum absolute atomic E-state index is 0.645. The van der Waals surface area contributed by atoms with Gasteiger partial charge in [-0.25, -0.2) is 0 Å². The molecule has 0 aliphatic heterocycles. The van der Waals surface area contributed by atoms with Gasteiger partial charge in [0.25, 0.3) is 0 Å². The van der Waals surface area contributed by atoms with Crippen molar-refractivity contribution in [2.75, 3.05) is 0 Å². The SMILES string of the molecule is C=CCC.CCC1=Cc2ccccc2C1C. The van der Waals surface area contributed by atoms with Gasteiger partial charge in [-0.3, -0.25) is 0 Å². The predicted molar refractivity (Wildman–Crippen MR) is 73.6 cm³/mol. The lowest BCUT2D eigenvalue weighted by Gasteiger charge is -2.08. The molecule has 0 N–H and O–H groups in total. The summed E-state index contributed by atoms with van der Waals surface area (Å²) in [6.45, 7) is 10.1. The first-order chi connectivity index (χ1) is 7.74. The smallest absolute Gasteiger partial charge is 0.00289 e. The summed E-state index contributed by atoms with van der Waals surface area (Å²) in [7, 11) is 0. The van der Waals surface area contributed by atoms with Gasteiger partial charge in [-0.1, -0.05) is 62.8 Å². The van der Waals surface area contributed by atoms with Gasteiger partial charge in [0.2, 0.25) is 0 Å². The molecule has 1 unspecified atom stereocenters. The Hall–Kier alpha value is -1.30. The normalized spacial score (nSPS) is 16.9. The van der Waals surface area contributed by atoms with Gasteiger partial charge in [-0.15, -0.1) is 6.58 Å². The lowest BCUT2D eigenvalue weighted by molar-refractivity contribution is 0.865. The largest absolute Gasteiger partial charge is 0.103 e. The van der Waals surface area contributed by atoms with E-state index in [1.54, 1.807) is 5.57 Å². The molecule has 16 heavy (non-hydrogen) atoms. The van der Waals surface area contributed by atoms with Crippen molar-refractivity contribution in [2.24, 2.45) is 0 Å². The van der Waals surface area contributed by atoms with Gasteiger partial charge in [0, 0.05) is 5.92 Å². The van der Waals surface area contributed by atoms with Crippen LogP contribution in [0, 0.1) is 0 Å². The number of allylic oxidation sites excluding steroid dienone is 2. The molecule has 1 aromatic rings. The number of rotatable bonds is 2. The van der Waals surface area contributed by atoms with Crippen LogP contribution in [0.4, 0.5) is 0 Å². The molecule has 0 saturated carbocycles. The van der Waals surface area contributed by atoms with Crippen LogP contribution in [0.1, 0.15) is 50.7 Å². The topological polar surface area (TPSA) is 0 Å². The van der Waals surface area contributed by atoms with Crippen LogP contribution in [-0.4, -0.2) is 0 Å². The van der Waals surface area contributed by atoms with Crippen LogP contribution in [0.3, 0.4) is 0 Å². The molecule has 2 rings (SSSR count). The highest BCUT2D eigenvalue weighted by molar-refractivity contribution is 5.65. The van der Waals surface area contributed by atoms with Crippen molar-refractivity contribution in [1.82, 2.24) is 0 Å². The van der Waals surface area contributed by atoms with Gasteiger partial charge in [-0.2, -0.15) is 0 Å². The molecule has 0 aromatic heterocycles. The Bertz CT molecular complexity index is 371. The second-order valence-electron chi connectivity index (χ2n) is 4.12. The highest BCUT2D eigenvalue weighted by Crippen LogP contribution is 2.36. The molecule has 0 heteroatoms. The van der Waals surface area contributed by atoms with Crippen LogP contribution >= 0.6 is 0 Å². The van der Waals surface area contributed by atoms with E-state index in [1.807, 2.05) is 6.08 Å². The molecular weight excluding hydrogens is 192 g/mol. The molecule has 0 saturated heterocycles. The van der Waals surface area contributed by atoms with Gasteiger partial charge in [0.15, 0.2) is 0 Å². The lowest BCUT2D eigenvalue weighted by atomic mass is 9.97. The fourth-order valence-corrected chi connectivity index (χ4v) is 1.97. The van der Waals surface area contributed by atoms with Crippen molar-refractivity contribution in [3.05, 3.63) is 53.6 Å². The first-order valence-corrected chi connectivity index (χ1v) is 6.14. The molecular formula is C16H22. The fourth-order valence-electron chi connectivity index (χ4n) is 1.97. The Morgan fingerprint density at radius 3 is 2.38 bits per heavy atom. The Labute approximate surface area is 99.7 Å². The molecule has 0 fully saturated rings. The zero-order chi connectivity index (χ0) is 12.0. The summed E-state index contributed by atoms with van der Waals surface area (Å²) in [6.07, 6.45) is 6.47. The van der Waals surface area contributed by atoms with Gasteiger partial charge < -0.3 is 0 Å². The van der Waals surface area contributed by atoms with Crippen LogP contribution in [0.25, 0.3) is 6.08 Å². The van der Waals surface area contributed by atoms with Gasteiger partial charge in [0.1, 0.15) is 0 Å². The van der Waals surface area contributed by atoms with Crippen LogP contribution < -0.4 is 0 Å². The number of fused-ring (bicyclic) bond motifs is 1. The van der Waals surface area contributed by atoms with Crippen LogP contribution in [0.5, 0.6) is 0 Å². The van der Waals surface area contributed by atoms with E-state index in [0.29, 0.717) is 5.92 Å². The first kappa shape index (κ1) is 12.8. The molecule has 0 spiro atoms.